The van der Waals surface area contributed by atoms with Crippen molar-refractivity contribution in [1.82, 2.24) is 4.98 Å². The summed E-state index contributed by atoms with van der Waals surface area (Å²) in [6.07, 6.45) is -5.41. The summed E-state index contributed by atoms with van der Waals surface area (Å²) in [5.41, 5.74) is -0.670. The smallest absolute Gasteiger partial charge is 0.469 e. The molecule has 19 heavy (non-hydrogen) atoms. The third-order valence-electron chi connectivity index (χ3n) is 2.08. The highest BCUT2D eigenvalue weighted by Crippen LogP contribution is 2.24. The van der Waals surface area contributed by atoms with Gasteiger partial charge >= 0.3 is 12.3 Å². The molecule has 106 valence electrons. The Morgan fingerprint density at radius 2 is 2.05 bits per heavy atom. The van der Waals surface area contributed by atoms with E-state index in [-0.39, 0.29) is 16.5 Å². The summed E-state index contributed by atoms with van der Waals surface area (Å²) in [6.45, 7) is 0. The lowest BCUT2D eigenvalue weighted by molar-refractivity contribution is -0.276. The van der Waals surface area contributed by atoms with Crippen molar-refractivity contribution in [2.75, 3.05) is 7.11 Å². The molecular weight excluding hydrogens is 335 g/mol. The first-order valence-corrected chi connectivity index (χ1v) is 6.02. The Balaban J connectivity index is 3.22. The van der Waals surface area contributed by atoms with E-state index in [0.717, 1.165) is 13.2 Å². The first-order valence-electron chi connectivity index (χ1n) is 4.90. The molecule has 1 rings (SSSR count). The molecule has 0 fully saturated rings. The van der Waals surface area contributed by atoms with Gasteiger partial charge in [-0.15, -0.1) is 13.2 Å². The van der Waals surface area contributed by atoms with Crippen LogP contribution in [-0.2, 0) is 21.3 Å². The SMILES string of the molecule is COC(=O)Cc1cc(CBr)c(=O)[nH]c1OC(F)(F)F. The van der Waals surface area contributed by atoms with Gasteiger partial charge in [0.15, 0.2) is 0 Å². The van der Waals surface area contributed by atoms with Crippen LogP contribution in [0.5, 0.6) is 5.88 Å². The highest BCUT2D eigenvalue weighted by atomic mass is 79.9. The zero-order valence-corrected chi connectivity index (χ0v) is 11.2. The predicted molar refractivity (Wildman–Crippen MR) is 62.1 cm³/mol. The standard InChI is InChI=1S/C10H9BrF3NO4/c1-18-7(16)3-5-2-6(4-11)8(17)15-9(5)19-10(12,13)14/h2H,3-4H2,1H3,(H,15,17). The Morgan fingerprint density at radius 3 is 2.53 bits per heavy atom. The minimum atomic E-state index is -4.97. The maximum atomic E-state index is 12.2. The van der Waals surface area contributed by atoms with Crippen LogP contribution in [0.4, 0.5) is 13.2 Å². The van der Waals surface area contributed by atoms with Crippen LogP contribution in [0.15, 0.2) is 10.9 Å². The molecular formula is C10H9BrF3NO4. The van der Waals surface area contributed by atoms with E-state index < -0.39 is 30.2 Å². The summed E-state index contributed by atoms with van der Waals surface area (Å²) in [5, 5.41) is 0.128. The normalized spacial score (nSPS) is 11.2. The highest BCUT2D eigenvalue weighted by molar-refractivity contribution is 9.08. The molecule has 0 aromatic carbocycles. The molecule has 9 heteroatoms. The number of esters is 1. The van der Waals surface area contributed by atoms with E-state index >= 15 is 0 Å². The van der Waals surface area contributed by atoms with Gasteiger partial charge in [-0.2, -0.15) is 0 Å². The lowest BCUT2D eigenvalue weighted by Gasteiger charge is -2.13. The number of hydrogen-bond donors (Lipinski definition) is 1. The van der Waals surface area contributed by atoms with Crippen molar-refractivity contribution in [3.8, 4) is 5.88 Å². The summed E-state index contributed by atoms with van der Waals surface area (Å²) in [6, 6.07) is 1.16. The Kier molecular flexibility index (Phi) is 4.98. The zero-order chi connectivity index (χ0) is 14.6. The maximum Gasteiger partial charge on any atom is 0.574 e. The number of nitrogens with one attached hydrogen (secondary N) is 1. The number of carbonyl (C=O) groups excluding carboxylic acids is 1. The number of methoxy groups -OCH3 is 1. The molecule has 0 saturated heterocycles. The van der Waals surface area contributed by atoms with Crippen LogP contribution in [0.25, 0.3) is 0 Å². The Bertz CT molecular complexity index is 526. The molecule has 1 heterocycles. The fraction of sp³-hybridized carbons (Fsp3) is 0.400. The van der Waals surface area contributed by atoms with Crippen molar-refractivity contribution < 1.29 is 27.4 Å². The average molecular weight is 344 g/mol. The molecule has 0 aliphatic rings. The van der Waals surface area contributed by atoms with Crippen LogP contribution in [0.1, 0.15) is 11.1 Å². The van der Waals surface area contributed by atoms with Gasteiger partial charge in [0.05, 0.1) is 13.5 Å². The van der Waals surface area contributed by atoms with Crippen LogP contribution in [0.3, 0.4) is 0 Å². The van der Waals surface area contributed by atoms with Crippen LogP contribution in [0.2, 0.25) is 0 Å². The molecule has 5 nitrogen and oxygen atoms in total. The molecule has 0 aliphatic heterocycles. The molecule has 0 atom stereocenters. The molecule has 1 aromatic heterocycles. The van der Waals surface area contributed by atoms with E-state index in [1.807, 2.05) is 4.98 Å². The monoisotopic (exact) mass is 343 g/mol. The predicted octanol–water partition coefficient (Wildman–Crippen LogP) is 1.88. The summed E-state index contributed by atoms with van der Waals surface area (Å²) in [4.78, 5) is 24.5. The molecule has 0 aliphatic carbocycles. The largest absolute Gasteiger partial charge is 0.574 e. The summed E-state index contributed by atoms with van der Waals surface area (Å²) < 4.78 is 44.6. The van der Waals surface area contributed by atoms with Crippen LogP contribution < -0.4 is 10.3 Å². The van der Waals surface area contributed by atoms with E-state index in [1.165, 1.54) is 0 Å². The van der Waals surface area contributed by atoms with E-state index in [1.54, 1.807) is 0 Å². The number of ether oxygens (including phenoxy) is 2. The minimum Gasteiger partial charge on any atom is -0.469 e. The van der Waals surface area contributed by atoms with Crippen molar-refractivity contribution in [2.45, 2.75) is 18.1 Å². The van der Waals surface area contributed by atoms with Crippen molar-refractivity contribution >= 4 is 21.9 Å². The van der Waals surface area contributed by atoms with Gasteiger partial charge in [0.1, 0.15) is 0 Å². The van der Waals surface area contributed by atoms with Gasteiger partial charge in [-0.1, -0.05) is 15.9 Å². The second-order valence-electron chi connectivity index (χ2n) is 3.41. The minimum absolute atomic E-state index is 0.113. The molecule has 0 radical (unpaired) electrons. The third kappa shape index (κ3) is 4.58. The highest BCUT2D eigenvalue weighted by Gasteiger charge is 2.33. The Labute approximate surface area is 113 Å². The number of aromatic nitrogens is 1. The average Bonchev–Trinajstić information content (AvgIpc) is 2.30. The summed E-state index contributed by atoms with van der Waals surface area (Å²) in [5.74, 6) is -1.56. The van der Waals surface area contributed by atoms with Gasteiger partial charge < -0.3 is 9.47 Å². The first kappa shape index (κ1) is 15.5. The third-order valence-corrected chi connectivity index (χ3v) is 2.69. The van der Waals surface area contributed by atoms with Crippen molar-refractivity contribution in [3.63, 3.8) is 0 Å². The van der Waals surface area contributed by atoms with Crippen LogP contribution in [0, 0.1) is 0 Å². The maximum absolute atomic E-state index is 12.2. The van der Waals surface area contributed by atoms with Crippen molar-refractivity contribution in [3.05, 3.63) is 27.5 Å². The molecule has 0 amide bonds. The summed E-state index contributed by atoms with van der Waals surface area (Å²) in [7, 11) is 1.10. The number of pyridine rings is 1. The molecule has 0 saturated carbocycles. The molecule has 1 N–H and O–H groups in total. The fourth-order valence-electron chi connectivity index (χ4n) is 1.27. The number of hydrogen-bond acceptors (Lipinski definition) is 4. The van der Waals surface area contributed by atoms with Crippen molar-refractivity contribution in [1.29, 1.82) is 0 Å². The van der Waals surface area contributed by atoms with Gasteiger partial charge in [0, 0.05) is 16.5 Å². The lowest BCUT2D eigenvalue weighted by Crippen LogP contribution is -2.23. The lowest BCUT2D eigenvalue weighted by atomic mass is 10.1. The summed E-state index contributed by atoms with van der Waals surface area (Å²) >= 11 is 3.01. The second kappa shape index (κ2) is 6.09. The molecule has 1 aromatic rings. The number of carbonyl (C=O) groups is 1. The molecule has 0 unspecified atom stereocenters. The van der Waals surface area contributed by atoms with Crippen LogP contribution in [-0.4, -0.2) is 24.4 Å². The Morgan fingerprint density at radius 1 is 1.42 bits per heavy atom. The van der Waals surface area contributed by atoms with Crippen LogP contribution >= 0.6 is 15.9 Å². The van der Waals surface area contributed by atoms with Gasteiger partial charge in [-0.3, -0.25) is 14.6 Å². The first-order chi connectivity index (χ1) is 8.76. The number of aromatic amines is 1. The van der Waals surface area contributed by atoms with E-state index in [4.69, 9.17) is 0 Å². The zero-order valence-electron chi connectivity index (χ0n) is 9.64. The Hall–Kier alpha value is -1.51. The topological polar surface area (TPSA) is 68.4 Å². The number of rotatable bonds is 4. The second-order valence-corrected chi connectivity index (χ2v) is 3.97. The fourth-order valence-corrected chi connectivity index (χ4v) is 1.69. The molecule has 0 spiro atoms. The quantitative estimate of drug-likeness (QED) is 0.669. The number of alkyl halides is 4. The van der Waals surface area contributed by atoms with Gasteiger partial charge in [-0.05, 0) is 6.07 Å². The molecule has 0 bridgehead atoms. The van der Waals surface area contributed by atoms with Gasteiger partial charge in [0.2, 0.25) is 5.88 Å². The number of H-pyrrole nitrogens is 1. The van der Waals surface area contributed by atoms with E-state index in [9.17, 15) is 22.8 Å². The van der Waals surface area contributed by atoms with E-state index in [2.05, 4.69) is 25.4 Å². The van der Waals surface area contributed by atoms with E-state index in [0.29, 0.717) is 0 Å². The van der Waals surface area contributed by atoms with Gasteiger partial charge in [-0.25, -0.2) is 0 Å². The van der Waals surface area contributed by atoms with Crippen molar-refractivity contribution in [2.24, 2.45) is 0 Å². The number of halogens is 4. The van der Waals surface area contributed by atoms with Gasteiger partial charge in [0.25, 0.3) is 5.56 Å².